The number of ether oxygens (including phenoxy) is 1. The van der Waals surface area contributed by atoms with Crippen LogP contribution in [0, 0.1) is 5.82 Å². The van der Waals surface area contributed by atoms with E-state index in [0.29, 0.717) is 0 Å². The maximum absolute atomic E-state index is 14.4. The smallest absolute Gasteiger partial charge is 0.355 e. The van der Waals surface area contributed by atoms with Crippen LogP contribution in [-0.2, 0) is 0 Å². The van der Waals surface area contributed by atoms with E-state index >= 15 is 0 Å². The zero-order valence-corrected chi connectivity index (χ0v) is 13.1. The molecule has 0 amide bonds. The highest BCUT2D eigenvalue weighted by Gasteiger charge is 2.21. The highest BCUT2D eigenvalue weighted by Crippen LogP contribution is 2.34. The fourth-order valence-corrected chi connectivity index (χ4v) is 2.22. The highest BCUT2D eigenvalue weighted by molar-refractivity contribution is 6.32. The van der Waals surface area contributed by atoms with Crippen LogP contribution in [0.1, 0.15) is 23.0 Å². The summed E-state index contributed by atoms with van der Waals surface area (Å²) in [5.41, 5.74) is 5.56. The standard InChI is InChI=1S/C15H13ClFN3O3/c1-3-4-8-11(15(21)22)19-14(20-13(8)18)7-5-6-9(16)12(23-2)10(7)17/h3-6H,1-2H3,(H,21,22)(H2,18,19,20)/b4-3+. The van der Waals surface area contributed by atoms with E-state index in [0.717, 1.165) is 0 Å². The van der Waals surface area contributed by atoms with Crippen LogP contribution in [0.5, 0.6) is 5.75 Å². The molecule has 120 valence electrons. The van der Waals surface area contributed by atoms with E-state index in [4.69, 9.17) is 22.1 Å². The average molecular weight is 338 g/mol. The predicted molar refractivity (Wildman–Crippen MR) is 85.1 cm³/mol. The third kappa shape index (κ3) is 3.09. The molecule has 0 bridgehead atoms. The van der Waals surface area contributed by atoms with Crippen LogP contribution in [0.3, 0.4) is 0 Å². The van der Waals surface area contributed by atoms with Crippen molar-refractivity contribution in [1.29, 1.82) is 0 Å². The number of aromatic carboxylic acids is 1. The van der Waals surface area contributed by atoms with Gasteiger partial charge in [-0.3, -0.25) is 0 Å². The summed E-state index contributed by atoms with van der Waals surface area (Å²) in [4.78, 5) is 19.3. The summed E-state index contributed by atoms with van der Waals surface area (Å²) in [5, 5.41) is 9.36. The lowest BCUT2D eigenvalue weighted by Crippen LogP contribution is -2.10. The van der Waals surface area contributed by atoms with Crippen molar-refractivity contribution in [2.45, 2.75) is 6.92 Å². The monoisotopic (exact) mass is 337 g/mol. The molecular weight excluding hydrogens is 325 g/mol. The molecule has 0 fully saturated rings. The van der Waals surface area contributed by atoms with E-state index in [2.05, 4.69) is 9.97 Å². The maximum atomic E-state index is 14.4. The van der Waals surface area contributed by atoms with Gasteiger partial charge in [0.2, 0.25) is 0 Å². The number of methoxy groups -OCH3 is 1. The Kier molecular flexibility index (Phi) is 4.80. The number of allylic oxidation sites excluding steroid dienone is 1. The van der Waals surface area contributed by atoms with Crippen molar-refractivity contribution >= 4 is 29.5 Å². The van der Waals surface area contributed by atoms with Crippen LogP contribution < -0.4 is 10.5 Å². The number of anilines is 1. The van der Waals surface area contributed by atoms with Gasteiger partial charge in [0.15, 0.2) is 23.1 Å². The Labute approximate surface area is 136 Å². The Balaban J connectivity index is 2.73. The van der Waals surface area contributed by atoms with E-state index in [1.54, 1.807) is 13.0 Å². The summed E-state index contributed by atoms with van der Waals surface area (Å²) in [6.07, 6.45) is 3.08. The van der Waals surface area contributed by atoms with E-state index in [1.807, 2.05) is 0 Å². The summed E-state index contributed by atoms with van der Waals surface area (Å²) in [7, 11) is 1.26. The van der Waals surface area contributed by atoms with Crippen molar-refractivity contribution in [2.75, 3.05) is 12.8 Å². The van der Waals surface area contributed by atoms with Gasteiger partial charge >= 0.3 is 5.97 Å². The van der Waals surface area contributed by atoms with Crippen LogP contribution in [-0.4, -0.2) is 28.2 Å². The first-order valence-electron chi connectivity index (χ1n) is 6.46. The largest absolute Gasteiger partial charge is 0.492 e. The van der Waals surface area contributed by atoms with E-state index in [-0.39, 0.29) is 39.2 Å². The SMILES string of the molecule is C/C=C/c1c(N)nc(-c2ccc(Cl)c(OC)c2F)nc1C(=O)O. The van der Waals surface area contributed by atoms with Crippen LogP contribution in [0.25, 0.3) is 17.5 Å². The summed E-state index contributed by atoms with van der Waals surface area (Å²) >= 11 is 5.83. The summed E-state index contributed by atoms with van der Waals surface area (Å²) < 4.78 is 19.3. The van der Waals surface area contributed by atoms with Gasteiger partial charge in [0.1, 0.15) is 5.82 Å². The van der Waals surface area contributed by atoms with Crippen molar-refractivity contribution in [3.05, 3.63) is 40.3 Å². The fourth-order valence-electron chi connectivity index (χ4n) is 1.99. The summed E-state index contributed by atoms with van der Waals surface area (Å²) in [6.45, 7) is 1.70. The van der Waals surface area contributed by atoms with Gasteiger partial charge < -0.3 is 15.6 Å². The Morgan fingerprint density at radius 2 is 2.13 bits per heavy atom. The molecule has 0 saturated heterocycles. The third-order valence-corrected chi connectivity index (χ3v) is 3.30. The number of hydrogen-bond acceptors (Lipinski definition) is 5. The molecule has 2 rings (SSSR count). The van der Waals surface area contributed by atoms with Crippen LogP contribution in [0.15, 0.2) is 18.2 Å². The van der Waals surface area contributed by atoms with E-state index in [9.17, 15) is 14.3 Å². The average Bonchev–Trinajstić information content (AvgIpc) is 2.49. The number of carboxylic acids is 1. The Morgan fingerprint density at radius 3 is 2.70 bits per heavy atom. The van der Waals surface area contributed by atoms with E-state index < -0.39 is 11.8 Å². The molecule has 0 atom stereocenters. The first kappa shape index (κ1) is 16.7. The van der Waals surface area contributed by atoms with E-state index in [1.165, 1.54) is 25.3 Å². The zero-order valence-electron chi connectivity index (χ0n) is 12.3. The number of nitrogens with zero attached hydrogens (tertiary/aromatic N) is 2. The lowest BCUT2D eigenvalue weighted by molar-refractivity contribution is 0.0690. The second kappa shape index (κ2) is 6.62. The molecule has 0 aliphatic heterocycles. The van der Waals surface area contributed by atoms with Crippen molar-refractivity contribution in [3.63, 3.8) is 0 Å². The molecule has 1 aromatic heterocycles. The van der Waals surface area contributed by atoms with Crippen molar-refractivity contribution in [2.24, 2.45) is 0 Å². The quantitative estimate of drug-likeness (QED) is 0.888. The lowest BCUT2D eigenvalue weighted by Gasteiger charge is -2.11. The molecule has 23 heavy (non-hydrogen) atoms. The minimum absolute atomic E-state index is 0.0625. The second-order valence-electron chi connectivity index (χ2n) is 4.44. The summed E-state index contributed by atoms with van der Waals surface area (Å²) in [6, 6.07) is 2.73. The second-order valence-corrected chi connectivity index (χ2v) is 4.85. The molecule has 8 heteroatoms. The van der Waals surface area contributed by atoms with Crippen molar-refractivity contribution in [1.82, 2.24) is 9.97 Å². The van der Waals surface area contributed by atoms with Gasteiger partial charge in [0.25, 0.3) is 0 Å². The number of rotatable bonds is 4. The van der Waals surface area contributed by atoms with Crippen molar-refractivity contribution < 1.29 is 19.0 Å². The Morgan fingerprint density at radius 1 is 1.43 bits per heavy atom. The predicted octanol–water partition coefficient (Wildman–Crippen LogP) is 3.26. The number of aromatic nitrogens is 2. The Bertz CT molecular complexity index is 809. The molecule has 0 spiro atoms. The fraction of sp³-hybridized carbons (Fsp3) is 0.133. The number of hydrogen-bond donors (Lipinski definition) is 2. The Hall–Kier alpha value is -2.67. The first-order chi connectivity index (χ1) is 10.9. The molecule has 1 heterocycles. The molecule has 3 N–H and O–H groups in total. The van der Waals surface area contributed by atoms with Gasteiger partial charge in [-0.25, -0.2) is 19.2 Å². The minimum atomic E-state index is -1.30. The summed E-state index contributed by atoms with van der Waals surface area (Å²) in [5.74, 6) is -2.51. The number of halogens is 2. The van der Waals surface area contributed by atoms with Crippen molar-refractivity contribution in [3.8, 4) is 17.1 Å². The molecule has 0 unspecified atom stereocenters. The van der Waals surface area contributed by atoms with Gasteiger partial charge in [-0.1, -0.05) is 23.8 Å². The molecule has 0 aliphatic rings. The van der Waals surface area contributed by atoms with Crippen LogP contribution >= 0.6 is 11.6 Å². The van der Waals surface area contributed by atoms with Gasteiger partial charge in [0.05, 0.1) is 17.7 Å². The first-order valence-corrected chi connectivity index (χ1v) is 6.84. The molecule has 2 aromatic rings. The molecule has 0 aliphatic carbocycles. The minimum Gasteiger partial charge on any atom is -0.492 e. The van der Waals surface area contributed by atoms with Gasteiger partial charge in [-0.2, -0.15) is 0 Å². The number of carbonyl (C=O) groups is 1. The highest BCUT2D eigenvalue weighted by atomic mass is 35.5. The third-order valence-electron chi connectivity index (χ3n) is 3.01. The molecule has 0 saturated carbocycles. The zero-order chi connectivity index (χ0) is 17.1. The lowest BCUT2D eigenvalue weighted by atomic mass is 10.1. The number of carboxylic acid groups (broad SMARTS) is 1. The molecule has 6 nitrogen and oxygen atoms in total. The number of benzene rings is 1. The normalized spacial score (nSPS) is 11.0. The maximum Gasteiger partial charge on any atom is 0.355 e. The van der Waals surface area contributed by atoms with Gasteiger partial charge in [-0.05, 0) is 19.1 Å². The molecular formula is C15H13ClFN3O3. The molecule has 1 aromatic carbocycles. The van der Waals surface area contributed by atoms with Gasteiger partial charge in [-0.15, -0.1) is 0 Å². The number of nitrogens with two attached hydrogens (primary N) is 1. The van der Waals surface area contributed by atoms with Crippen LogP contribution in [0.2, 0.25) is 5.02 Å². The molecule has 0 radical (unpaired) electrons. The van der Waals surface area contributed by atoms with Gasteiger partial charge in [0, 0.05) is 5.56 Å². The van der Waals surface area contributed by atoms with Crippen LogP contribution in [0.4, 0.5) is 10.2 Å². The number of nitrogen functional groups attached to an aromatic ring is 1. The topological polar surface area (TPSA) is 98.3 Å².